The van der Waals surface area contributed by atoms with E-state index in [0.29, 0.717) is 6.07 Å². The third kappa shape index (κ3) is 4.86. The molecule has 4 nitrogen and oxygen atoms in total. The summed E-state index contributed by atoms with van der Waals surface area (Å²) in [6, 6.07) is 7.66. The molecule has 1 aromatic heterocycles. The third-order valence-electron chi connectivity index (χ3n) is 4.14. The van der Waals surface area contributed by atoms with E-state index in [-0.39, 0.29) is 16.4 Å². The highest BCUT2D eigenvalue weighted by Crippen LogP contribution is 2.36. The predicted molar refractivity (Wildman–Crippen MR) is 93.0 cm³/mol. The van der Waals surface area contributed by atoms with Crippen LogP contribution in [0.2, 0.25) is 0 Å². The van der Waals surface area contributed by atoms with Crippen molar-refractivity contribution in [3.63, 3.8) is 0 Å². The maximum absolute atomic E-state index is 13.1. The van der Waals surface area contributed by atoms with E-state index in [0.717, 1.165) is 36.4 Å². The van der Waals surface area contributed by atoms with Gasteiger partial charge in [0, 0.05) is 11.8 Å². The molecule has 3 rings (SSSR count). The Balaban J connectivity index is 1.90. The Kier molecular flexibility index (Phi) is 5.70. The van der Waals surface area contributed by atoms with Crippen LogP contribution in [0.4, 0.5) is 45.2 Å². The van der Waals surface area contributed by atoms with Gasteiger partial charge in [-0.15, -0.1) is 0 Å². The summed E-state index contributed by atoms with van der Waals surface area (Å²) in [5.74, 6) is -1.14. The molecule has 0 radical (unpaired) electrons. The summed E-state index contributed by atoms with van der Waals surface area (Å²) in [5, 5.41) is 5.11. The standard InChI is InChI=1S/C19H10F9N3O/c20-17(21,22)13-4-2-1-3-12(13)16(32)29-10-5-7-11(8-6-10)31-15(19(26,27)28)9-14(30-31)18(23,24)25/h1-9H,(H,29,32). The summed E-state index contributed by atoms with van der Waals surface area (Å²) in [5.41, 5.74) is -5.84. The average Bonchev–Trinajstić information content (AvgIpc) is 3.14. The Morgan fingerprint density at radius 2 is 1.38 bits per heavy atom. The van der Waals surface area contributed by atoms with Crippen LogP contribution in [0.15, 0.2) is 54.6 Å². The van der Waals surface area contributed by atoms with Crippen LogP contribution >= 0.6 is 0 Å². The van der Waals surface area contributed by atoms with Gasteiger partial charge < -0.3 is 5.32 Å². The van der Waals surface area contributed by atoms with Crippen molar-refractivity contribution >= 4 is 11.6 Å². The number of halogens is 9. The first-order chi connectivity index (χ1) is 14.7. The normalized spacial score (nSPS) is 12.7. The van der Waals surface area contributed by atoms with E-state index in [2.05, 4.69) is 10.4 Å². The second-order valence-corrected chi connectivity index (χ2v) is 6.37. The summed E-state index contributed by atoms with van der Waals surface area (Å²) in [6.07, 6.45) is -15.1. The van der Waals surface area contributed by atoms with Crippen molar-refractivity contribution in [3.8, 4) is 5.69 Å². The second kappa shape index (κ2) is 7.88. The van der Waals surface area contributed by atoms with E-state index in [4.69, 9.17) is 0 Å². The van der Waals surface area contributed by atoms with Crippen molar-refractivity contribution in [2.24, 2.45) is 0 Å². The molecule has 0 spiro atoms. The molecule has 0 fully saturated rings. The van der Waals surface area contributed by atoms with Gasteiger partial charge in [0.15, 0.2) is 5.69 Å². The summed E-state index contributed by atoms with van der Waals surface area (Å²) >= 11 is 0. The number of carbonyl (C=O) groups is 1. The van der Waals surface area contributed by atoms with Gasteiger partial charge in [-0.1, -0.05) is 12.1 Å². The lowest BCUT2D eigenvalue weighted by atomic mass is 10.1. The van der Waals surface area contributed by atoms with Crippen LogP contribution in [0.25, 0.3) is 5.69 Å². The van der Waals surface area contributed by atoms with Crippen molar-refractivity contribution in [2.45, 2.75) is 18.5 Å². The van der Waals surface area contributed by atoms with Gasteiger partial charge in [0.2, 0.25) is 0 Å². The molecule has 1 heterocycles. The molecule has 0 atom stereocenters. The first-order valence-electron chi connectivity index (χ1n) is 8.50. The minimum absolute atomic E-state index is 0.0351. The van der Waals surface area contributed by atoms with E-state index in [1.54, 1.807) is 0 Å². The van der Waals surface area contributed by atoms with Gasteiger partial charge in [-0.2, -0.15) is 44.6 Å². The van der Waals surface area contributed by atoms with Gasteiger partial charge in [0.1, 0.15) is 5.69 Å². The van der Waals surface area contributed by atoms with E-state index >= 15 is 0 Å². The SMILES string of the molecule is O=C(Nc1ccc(-n2nc(C(F)(F)F)cc2C(F)(F)F)cc1)c1ccccc1C(F)(F)F. The number of rotatable bonds is 3. The molecular formula is C19H10F9N3O. The highest BCUT2D eigenvalue weighted by Gasteiger charge is 2.42. The summed E-state index contributed by atoms with van der Waals surface area (Å²) in [4.78, 5) is 12.2. The average molecular weight is 467 g/mol. The lowest BCUT2D eigenvalue weighted by Crippen LogP contribution is -2.18. The van der Waals surface area contributed by atoms with Crippen molar-refractivity contribution in [1.82, 2.24) is 9.78 Å². The molecule has 170 valence electrons. The number of hydrogen-bond donors (Lipinski definition) is 1. The number of hydrogen-bond acceptors (Lipinski definition) is 2. The number of alkyl halides is 9. The maximum atomic E-state index is 13.1. The third-order valence-corrected chi connectivity index (χ3v) is 4.14. The first-order valence-corrected chi connectivity index (χ1v) is 8.50. The van der Waals surface area contributed by atoms with Gasteiger partial charge >= 0.3 is 18.5 Å². The van der Waals surface area contributed by atoms with Crippen molar-refractivity contribution in [2.75, 3.05) is 5.32 Å². The smallest absolute Gasteiger partial charge is 0.322 e. The van der Waals surface area contributed by atoms with Crippen molar-refractivity contribution in [1.29, 1.82) is 0 Å². The Bertz CT molecular complexity index is 1130. The molecule has 0 aliphatic rings. The van der Waals surface area contributed by atoms with Crippen LogP contribution in [0.3, 0.4) is 0 Å². The largest absolute Gasteiger partial charge is 0.435 e. The molecule has 0 saturated carbocycles. The molecule has 13 heteroatoms. The molecule has 0 bridgehead atoms. The number of nitrogens with zero attached hydrogens (tertiary/aromatic N) is 2. The second-order valence-electron chi connectivity index (χ2n) is 6.37. The van der Waals surface area contributed by atoms with Gasteiger partial charge in [0.05, 0.1) is 16.8 Å². The zero-order valence-electron chi connectivity index (χ0n) is 15.4. The maximum Gasteiger partial charge on any atom is 0.435 e. The summed E-state index contributed by atoms with van der Waals surface area (Å²) in [7, 11) is 0. The zero-order valence-corrected chi connectivity index (χ0v) is 15.4. The van der Waals surface area contributed by atoms with Crippen LogP contribution in [0.5, 0.6) is 0 Å². The minimum atomic E-state index is -5.15. The fourth-order valence-corrected chi connectivity index (χ4v) is 2.73. The summed E-state index contributed by atoms with van der Waals surface area (Å²) in [6.45, 7) is 0. The zero-order chi connectivity index (χ0) is 23.9. The molecule has 0 unspecified atom stereocenters. The Morgan fingerprint density at radius 3 is 1.91 bits per heavy atom. The van der Waals surface area contributed by atoms with Crippen LogP contribution in [0.1, 0.15) is 27.3 Å². The highest BCUT2D eigenvalue weighted by molar-refractivity contribution is 6.05. The lowest BCUT2D eigenvalue weighted by molar-refractivity contribution is -0.143. The number of carbonyl (C=O) groups excluding carboxylic acids is 1. The van der Waals surface area contributed by atoms with Crippen LogP contribution in [-0.2, 0) is 18.5 Å². The van der Waals surface area contributed by atoms with Gasteiger partial charge in [-0.3, -0.25) is 4.79 Å². The van der Waals surface area contributed by atoms with Gasteiger partial charge in [-0.25, -0.2) is 4.68 Å². The molecule has 1 amide bonds. The quantitative estimate of drug-likeness (QED) is 0.468. The Morgan fingerprint density at radius 1 is 0.781 bits per heavy atom. The monoisotopic (exact) mass is 467 g/mol. The molecule has 32 heavy (non-hydrogen) atoms. The fourth-order valence-electron chi connectivity index (χ4n) is 2.73. The Labute approximate surface area is 173 Å². The molecule has 3 aromatic rings. The van der Waals surface area contributed by atoms with E-state index in [9.17, 15) is 44.3 Å². The van der Waals surface area contributed by atoms with Crippen molar-refractivity contribution in [3.05, 3.63) is 77.1 Å². The first kappa shape index (κ1) is 23.2. The number of amides is 1. The molecule has 2 aromatic carbocycles. The number of aromatic nitrogens is 2. The number of nitrogens with one attached hydrogen (secondary N) is 1. The number of anilines is 1. The number of benzene rings is 2. The Hall–Kier alpha value is -3.51. The van der Waals surface area contributed by atoms with E-state index in [1.807, 2.05) is 0 Å². The van der Waals surface area contributed by atoms with Gasteiger partial charge in [-0.05, 0) is 36.4 Å². The fraction of sp³-hybridized carbons (Fsp3) is 0.158. The molecular weight excluding hydrogens is 457 g/mol. The highest BCUT2D eigenvalue weighted by atomic mass is 19.4. The molecule has 0 aliphatic heterocycles. The predicted octanol–water partition coefficient (Wildman–Crippen LogP) is 6.18. The molecule has 0 saturated heterocycles. The van der Waals surface area contributed by atoms with E-state index in [1.165, 1.54) is 6.07 Å². The van der Waals surface area contributed by atoms with Crippen LogP contribution in [0, 0.1) is 0 Å². The molecule has 0 aliphatic carbocycles. The summed E-state index contributed by atoms with van der Waals surface area (Å²) < 4.78 is 117. The lowest BCUT2D eigenvalue weighted by Gasteiger charge is -2.13. The molecule has 1 N–H and O–H groups in total. The topological polar surface area (TPSA) is 46.9 Å². The minimum Gasteiger partial charge on any atom is -0.322 e. The van der Waals surface area contributed by atoms with Crippen LogP contribution in [-0.4, -0.2) is 15.7 Å². The van der Waals surface area contributed by atoms with Gasteiger partial charge in [0.25, 0.3) is 5.91 Å². The van der Waals surface area contributed by atoms with Crippen LogP contribution < -0.4 is 5.32 Å². The van der Waals surface area contributed by atoms with Crippen molar-refractivity contribution < 1.29 is 44.3 Å². The van der Waals surface area contributed by atoms with E-state index < -0.39 is 52.6 Å².